The van der Waals surface area contributed by atoms with E-state index < -0.39 is 48.3 Å². The first-order chi connectivity index (χ1) is 14.3. The molecular formula is C19H23FN4O5S. The molecule has 162 valence electrons. The van der Waals surface area contributed by atoms with E-state index in [9.17, 15) is 23.6 Å². The van der Waals surface area contributed by atoms with E-state index in [1.807, 2.05) is 19.2 Å². The molecule has 2 unspecified atom stereocenters. The number of carbonyl (C=O) groups excluding carboxylic acids is 2. The number of rotatable bonds is 11. The number of carboxylic acid groups (broad SMARTS) is 1. The van der Waals surface area contributed by atoms with Crippen LogP contribution in [0.3, 0.4) is 0 Å². The van der Waals surface area contributed by atoms with Gasteiger partial charge in [0, 0.05) is 17.1 Å². The number of aryl methyl sites for hydroxylation is 1. The van der Waals surface area contributed by atoms with Crippen LogP contribution in [-0.2, 0) is 20.9 Å². The van der Waals surface area contributed by atoms with Gasteiger partial charge in [-0.1, -0.05) is 13.3 Å². The maximum atomic E-state index is 12.9. The molecule has 2 N–H and O–H groups in total. The fourth-order valence-electron chi connectivity index (χ4n) is 2.98. The number of ketones is 1. The van der Waals surface area contributed by atoms with Crippen molar-refractivity contribution in [2.24, 2.45) is 0 Å². The molecule has 0 spiro atoms. The number of carbonyl (C=O) groups is 3. The van der Waals surface area contributed by atoms with Crippen molar-refractivity contribution in [1.29, 1.82) is 0 Å². The summed E-state index contributed by atoms with van der Waals surface area (Å²) in [5.41, 5.74) is 0.345. The van der Waals surface area contributed by atoms with Gasteiger partial charge in [0.05, 0.1) is 29.6 Å². The third-order valence-corrected chi connectivity index (χ3v) is 5.23. The van der Waals surface area contributed by atoms with Crippen molar-refractivity contribution >= 4 is 29.0 Å². The molecule has 0 saturated carbocycles. The summed E-state index contributed by atoms with van der Waals surface area (Å²) >= 11 is 1.44. The molecule has 0 aliphatic heterocycles. The fraction of sp³-hybridized carbons (Fsp3) is 0.474. The van der Waals surface area contributed by atoms with Crippen molar-refractivity contribution in [2.75, 3.05) is 6.67 Å². The molecule has 0 aliphatic rings. The number of halogens is 1. The Bertz CT molecular complexity index is 974. The maximum absolute atomic E-state index is 12.9. The number of amides is 1. The zero-order valence-electron chi connectivity index (χ0n) is 16.6. The summed E-state index contributed by atoms with van der Waals surface area (Å²) in [5, 5.41) is 17.9. The molecule has 0 aliphatic carbocycles. The zero-order chi connectivity index (χ0) is 22.3. The second-order valence-electron chi connectivity index (χ2n) is 6.71. The normalized spacial score (nSPS) is 12.9. The first kappa shape index (κ1) is 23.3. The molecule has 0 radical (unpaired) electrons. The molecule has 0 aromatic carbocycles. The number of Topliss-reactive ketones (excluding diaryl/α,β-unsaturated/α-hetero) is 1. The number of alkyl halides is 1. The fourth-order valence-corrected chi connectivity index (χ4v) is 3.58. The second-order valence-corrected chi connectivity index (χ2v) is 7.77. The smallest absolute Gasteiger partial charge is 0.305 e. The summed E-state index contributed by atoms with van der Waals surface area (Å²) in [6.45, 7) is 2.40. The molecule has 2 heterocycles. The van der Waals surface area contributed by atoms with Gasteiger partial charge in [0.2, 0.25) is 5.91 Å². The van der Waals surface area contributed by atoms with E-state index in [0.29, 0.717) is 12.1 Å². The number of nitrogens with one attached hydrogen (secondary N) is 1. The third-order valence-electron chi connectivity index (χ3n) is 4.40. The highest BCUT2D eigenvalue weighted by Gasteiger charge is 2.29. The predicted molar refractivity (Wildman–Crippen MR) is 107 cm³/mol. The van der Waals surface area contributed by atoms with Crippen molar-refractivity contribution < 1.29 is 23.9 Å². The predicted octanol–water partition coefficient (Wildman–Crippen LogP) is 1.44. The molecule has 0 saturated heterocycles. The van der Waals surface area contributed by atoms with Gasteiger partial charge in [-0.2, -0.15) is 5.10 Å². The first-order valence-corrected chi connectivity index (χ1v) is 10.2. The minimum absolute atomic E-state index is 0.138. The maximum Gasteiger partial charge on any atom is 0.305 e. The lowest BCUT2D eigenvalue weighted by molar-refractivity contribution is -0.140. The van der Waals surface area contributed by atoms with Gasteiger partial charge in [0.1, 0.15) is 12.7 Å². The van der Waals surface area contributed by atoms with E-state index in [4.69, 9.17) is 5.11 Å². The molecule has 2 aromatic rings. The summed E-state index contributed by atoms with van der Waals surface area (Å²) in [7, 11) is 0. The summed E-state index contributed by atoms with van der Waals surface area (Å²) in [4.78, 5) is 52.7. The Labute approximate surface area is 176 Å². The number of carboxylic acids is 1. The standard InChI is InChI=1S/C19H23FN4O5S/c1-3-4-13(18(28)23-15(7-17(26)27)16(25)8-20)14-5-6-21-24(19(14)29)9-12-10-30-11(2)22-12/h5-6,10,13,15H,3-4,7-9H2,1-2H3,(H,23,28)(H,26,27). The molecule has 0 fully saturated rings. The molecular weight excluding hydrogens is 415 g/mol. The van der Waals surface area contributed by atoms with E-state index >= 15 is 0 Å². The lowest BCUT2D eigenvalue weighted by Gasteiger charge is -2.20. The largest absolute Gasteiger partial charge is 0.481 e. The van der Waals surface area contributed by atoms with Crippen molar-refractivity contribution in [3.8, 4) is 0 Å². The third kappa shape index (κ3) is 6.02. The second kappa shape index (κ2) is 10.7. The highest BCUT2D eigenvalue weighted by atomic mass is 32.1. The molecule has 11 heteroatoms. The van der Waals surface area contributed by atoms with Gasteiger partial charge >= 0.3 is 5.97 Å². The van der Waals surface area contributed by atoms with Gasteiger partial charge in [-0.25, -0.2) is 14.1 Å². The summed E-state index contributed by atoms with van der Waals surface area (Å²) in [5.74, 6) is -4.02. The molecule has 2 aromatic heterocycles. The highest BCUT2D eigenvalue weighted by molar-refractivity contribution is 7.09. The number of hydrogen-bond donors (Lipinski definition) is 2. The van der Waals surface area contributed by atoms with E-state index in [0.717, 1.165) is 5.01 Å². The Morgan fingerprint density at radius 1 is 1.37 bits per heavy atom. The number of aliphatic carboxylic acids is 1. The summed E-state index contributed by atoms with van der Waals surface area (Å²) in [6, 6.07) is -0.0739. The van der Waals surface area contributed by atoms with Gasteiger partial charge in [-0.3, -0.25) is 19.2 Å². The van der Waals surface area contributed by atoms with E-state index in [1.54, 1.807) is 0 Å². The zero-order valence-corrected chi connectivity index (χ0v) is 17.4. The van der Waals surface area contributed by atoms with Gasteiger partial charge < -0.3 is 10.4 Å². The van der Waals surface area contributed by atoms with Crippen molar-refractivity contribution in [3.05, 3.63) is 44.3 Å². The first-order valence-electron chi connectivity index (χ1n) is 9.34. The average Bonchev–Trinajstić information content (AvgIpc) is 3.11. The Hall–Kier alpha value is -2.95. The van der Waals surface area contributed by atoms with Gasteiger partial charge in [-0.05, 0) is 19.4 Å². The number of aromatic nitrogens is 3. The summed E-state index contributed by atoms with van der Waals surface area (Å²) < 4.78 is 14.0. The molecule has 2 atom stereocenters. The molecule has 2 rings (SSSR count). The molecule has 0 bridgehead atoms. The van der Waals surface area contributed by atoms with Crippen molar-refractivity contribution in [1.82, 2.24) is 20.1 Å². The van der Waals surface area contributed by atoms with Gasteiger partial charge in [0.25, 0.3) is 5.56 Å². The Morgan fingerprint density at radius 3 is 2.67 bits per heavy atom. The van der Waals surface area contributed by atoms with Crippen LogP contribution in [0.5, 0.6) is 0 Å². The van der Waals surface area contributed by atoms with Crippen LogP contribution >= 0.6 is 11.3 Å². The van der Waals surface area contributed by atoms with Crippen LogP contribution in [0.4, 0.5) is 4.39 Å². The topological polar surface area (TPSA) is 131 Å². The van der Waals surface area contributed by atoms with Gasteiger partial charge in [-0.15, -0.1) is 11.3 Å². The van der Waals surface area contributed by atoms with E-state index in [2.05, 4.69) is 15.4 Å². The SMILES string of the molecule is CCCC(C(=O)NC(CC(=O)O)C(=O)CF)c1ccnn(Cc2csc(C)n2)c1=O. The average molecular weight is 438 g/mol. The van der Waals surface area contributed by atoms with Crippen molar-refractivity contribution in [3.63, 3.8) is 0 Å². The van der Waals surface area contributed by atoms with Crippen LogP contribution in [0.15, 0.2) is 22.4 Å². The quantitative estimate of drug-likeness (QED) is 0.543. The lowest BCUT2D eigenvalue weighted by atomic mass is 9.94. The van der Waals surface area contributed by atoms with E-state index in [1.165, 1.54) is 28.3 Å². The number of hydrogen-bond acceptors (Lipinski definition) is 7. The monoisotopic (exact) mass is 438 g/mol. The Morgan fingerprint density at radius 2 is 2.10 bits per heavy atom. The Balaban J connectivity index is 2.31. The highest BCUT2D eigenvalue weighted by Crippen LogP contribution is 2.19. The molecule has 9 nitrogen and oxygen atoms in total. The minimum Gasteiger partial charge on any atom is -0.481 e. The van der Waals surface area contributed by atoms with E-state index in [-0.39, 0.29) is 18.5 Å². The van der Waals surface area contributed by atoms with Gasteiger partial charge in [0.15, 0.2) is 5.78 Å². The van der Waals surface area contributed by atoms with Crippen LogP contribution in [0.1, 0.15) is 48.4 Å². The molecule has 30 heavy (non-hydrogen) atoms. The Kier molecular flexibility index (Phi) is 8.34. The van der Waals surface area contributed by atoms with Crippen molar-refractivity contribution in [2.45, 2.75) is 51.6 Å². The number of nitrogens with zero attached hydrogens (tertiary/aromatic N) is 3. The van der Waals surface area contributed by atoms with Crippen LogP contribution in [0, 0.1) is 6.92 Å². The van der Waals surface area contributed by atoms with Crippen LogP contribution in [-0.4, -0.2) is 50.2 Å². The van der Waals surface area contributed by atoms with Crippen LogP contribution in [0.25, 0.3) is 0 Å². The lowest BCUT2D eigenvalue weighted by Crippen LogP contribution is -2.46. The van der Waals surface area contributed by atoms with Crippen LogP contribution in [0.2, 0.25) is 0 Å². The van der Waals surface area contributed by atoms with Crippen LogP contribution < -0.4 is 10.9 Å². The molecule has 1 amide bonds. The minimum atomic E-state index is -1.50. The summed E-state index contributed by atoms with van der Waals surface area (Å²) in [6.07, 6.45) is 1.49. The number of thiazole rings is 1.